The van der Waals surface area contributed by atoms with E-state index in [4.69, 9.17) is 9.47 Å². The van der Waals surface area contributed by atoms with E-state index in [1.165, 1.54) is 0 Å². The Morgan fingerprint density at radius 2 is 1.90 bits per heavy atom. The Balaban J connectivity index is 2.37. The SMILES string of the molecule is CNC(c1cncc(OC(C)C)c1)c1ccccc1OC. The van der Waals surface area contributed by atoms with Crippen LogP contribution >= 0.6 is 0 Å². The summed E-state index contributed by atoms with van der Waals surface area (Å²) in [5.74, 6) is 1.63. The molecule has 1 aromatic heterocycles. The first-order valence-corrected chi connectivity index (χ1v) is 7.07. The van der Waals surface area contributed by atoms with Crippen molar-refractivity contribution in [3.05, 3.63) is 53.9 Å². The van der Waals surface area contributed by atoms with Gasteiger partial charge < -0.3 is 14.8 Å². The summed E-state index contributed by atoms with van der Waals surface area (Å²) in [6, 6.07) is 10.00. The van der Waals surface area contributed by atoms with Crippen molar-refractivity contribution < 1.29 is 9.47 Å². The van der Waals surface area contributed by atoms with Gasteiger partial charge in [-0.15, -0.1) is 0 Å². The number of hydrogen-bond donors (Lipinski definition) is 1. The highest BCUT2D eigenvalue weighted by molar-refractivity contribution is 5.42. The molecular weight excluding hydrogens is 264 g/mol. The molecule has 0 saturated carbocycles. The number of methoxy groups -OCH3 is 1. The highest BCUT2D eigenvalue weighted by Crippen LogP contribution is 2.30. The number of para-hydroxylation sites is 1. The number of pyridine rings is 1. The summed E-state index contributed by atoms with van der Waals surface area (Å²) in [6.07, 6.45) is 3.71. The molecule has 2 rings (SSSR count). The fourth-order valence-electron chi connectivity index (χ4n) is 2.34. The topological polar surface area (TPSA) is 43.4 Å². The van der Waals surface area contributed by atoms with Crippen LogP contribution in [-0.2, 0) is 0 Å². The van der Waals surface area contributed by atoms with Crippen molar-refractivity contribution in [1.82, 2.24) is 10.3 Å². The molecule has 0 aliphatic rings. The van der Waals surface area contributed by atoms with Crippen molar-refractivity contribution in [1.29, 1.82) is 0 Å². The fourth-order valence-corrected chi connectivity index (χ4v) is 2.34. The van der Waals surface area contributed by atoms with Gasteiger partial charge in [0.1, 0.15) is 11.5 Å². The van der Waals surface area contributed by atoms with Crippen molar-refractivity contribution in [2.75, 3.05) is 14.2 Å². The number of benzene rings is 1. The van der Waals surface area contributed by atoms with Gasteiger partial charge in [-0.2, -0.15) is 0 Å². The average Bonchev–Trinajstić information content (AvgIpc) is 2.48. The largest absolute Gasteiger partial charge is 0.496 e. The van der Waals surface area contributed by atoms with Gasteiger partial charge in [0, 0.05) is 11.8 Å². The molecule has 112 valence electrons. The quantitative estimate of drug-likeness (QED) is 0.885. The van der Waals surface area contributed by atoms with Crippen molar-refractivity contribution in [3.8, 4) is 11.5 Å². The summed E-state index contributed by atoms with van der Waals surface area (Å²) in [5, 5.41) is 3.31. The maximum Gasteiger partial charge on any atom is 0.138 e. The fraction of sp³-hybridized carbons (Fsp3) is 0.353. The van der Waals surface area contributed by atoms with Gasteiger partial charge in [-0.05, 0) is 38.6 Å². The predicted molar refractivity (Wildman–Crippen MR) is 83.9 cm³/mol. The predicted octanol–water partition coefficient (Wildman–Crippen LogP) is 3.19. The van der Waals surface area contributed by atoms with Crippen molar-refractivity contribution >= 4 is 0 Å². The van der Waals surface area contributed by atoms with E-state index >= 15 is 0 Å². The highest BCUT2D eigenvalue weighted by Gasteiger charge is 2.17. The zero-order valence-corrected chi connectivity index (χ0v) is 13.0. The summed E-state index contributed by atoms with van der Waals surface area (Å²) < 4.78 is 11.2. The molecule has 0 bridgehead atoms. The lowest BCUT2D eigenvalue weighted by Gasteiger charge is -2.20. The molecule has 21 heavy (non-hydrogen) atoms. The van der Waals surface area contributed by atoms with Gasteiger partial charge in [-0.3, -0.25) is 4.98 Å². The molecule has 0 fully saturated rings. The van der Waals surface area contributed by atoms with Gasteiger partial charge >= 0.3 is 0 Å². The van der Waals surface area contributed by atoms with E-state index in [1.54, 1.807) is 13.3 Å². The number of aromatic nitrogens is 1. The Morgan fingerprint density at radius 1 is 1.14 bits per heavy atom. The van der Waals surface area contributed by atoms with Crippen LogP contribution in [0.15, 0.2) is 42.7 Å². The van der Waals surface area contributed by atoms with E-state index < -0.39 is 0 Å². The van der Waals surface area contributed by atoms with Crippen molar-refractivity contribution in [3.63, 3.8) is 0 Å². The number of rotatable bonds is 6. The molecule has 4 nitrogen and oxygen atoms in total. The van der Waals surface area contributed by atoms with Crippen LogP contribution in [0.5, 0.6) is 11.5 Å². The van der Waals surface area contributed by atoms with Crippen molar-refractivity contribution in [2.24, 2.45) is 0 Å². The molecule has 0 aliphatic heterocycles. The van der Waals surface area contributed by atoms with Crippen LogP contribution < -0.4 is 14.8 Å². The molecule has 1 atom stereocenters. The summed E-state index contributed by atoms with van der Waals surface area (Å²) in [6.45, 7) is 4.00. The van der Waals surface area contributed by atoms with Crippen LogP contribution in [0.3, 0.4) is 0 Å². The number of ether oxygens (including phenoxy) is 2. The van der Waals surface area contributed by atoms with Crippen LogP contribution in [0.25, 0.3) is 0 Å². The maximum atomic E-state index is 5.72. The van der Waals surface area contributed by atoms with Crippen LogP contribution in [0.2, 0.25) is 0 Å². The number of hydrogen-bond acceptors (Lipinski definition) is 4. The Labute approximate surface area is 126 Å². The van der Waals surface area contributed by atoms with E-state index in [0.717, 1.165) is 22.6 Å². The summed E-state index contributed by atoms with van der Waals surface area (Å²) in [7, 11) is 3.61. The van der Waals surface area contributed by atoms with Crippen LogP contribution in [-0.4, -0.2) is 25.2 Å². The number of nitrogens with zero attached hydrogens (tertiary/aromatic N) is 1. The smallest absolute Gasteiger partial charge is 0.138 e. The minimum Gasteiger partial charge on any atom is -0.496 e. The van der Waals surface area contributed by atoms with E-state index in [-0.39, 0.29) is 12.1 Å². The molecule has 1 unspecified atom stereocenters. The normalized spacial score (nSPS) is 12.2. The number of nitrogens with one attached hydrogen (secondary N) is 1. The summed E-state index contributed by atoms with van der Waals surface area (Å²) in [5.41, 5.74) is 2.12. The molecule has 1 heterocycles. The first-order chi connectivity index (χ1) is 10.2. The monoisotopic (exact) mass is 286 g/mol. The molecule has 0 saturated heterocycles. The molecule has 0 amide bonds. The third-order valence-corrected chi connectivity index (χ3v) is 3.18. The lowest BCUT2D eigenvalue weighted by atomic mass is 9.99. The summed E-state index contributed by atoms with van der Waals surface area (Å²) in [4.78, 5) is 4.28. The van der Waals surface area contributed by atoms with Gasteiger partial charge in [0.2, 0.25) is 0 Å². The average molecular weight is 286 g/mol. The van der Waals surface area contributed by atoms with Crippen molar-refractivity contribution in [2.45, 2.75) is 26.0 Å². The second kappa shape index (κ2) is 7.09. The summed E-state index contributed by atoms with van der Waals surface area (Å²) >= 11 is 0. The molecule has 0 aliphatic carbocycles. The third kappa shape index (κ3) is 3.73. The molecule has 2 aromatic rings. The highest BCUT2D eigenvalue weighted by atomic mass is 16.5. The van der Waals surface area contributed by atoms with E-state index in [2.05, 4.69) is 16.4 Å². The third-order valence-electron chi connectivity index (χ3n) is 3.18. The second-order valence-electron chi connectivity index (χ2n) is 5.08. The van der Waals surface area contributed by atoms with Gasteiger partial charge in [-0.25, -0.2) is 0 Å². The Morgan fingerprint density at radius 3 is 2.57 bits per heavy atom. The van der Waals surface area contributed by atoms with E-state index in [1.807, 2.05) is 51.4 Å². The zero-order valence-electron chi connectivity index (χ0n) is 13.0. The molecule has 1 N–H and O–H groups in total. The molecule has 1 aromatic carbocycles. The van der Waals surface area contributed by atoms with Gasteiger partial charge in [0.25, 0.3) is 0 Å². The van der Waals surface area contributed by atoms with Crippen LogP contribution in [0.4, 0.5) is 0 Å². The lowest BCUT2D eigenvalue weighted by Crippen LogP contribution is -2.19. The lowest BCUT2D eigenvalue weighted by molar-refractivity contribution is 0.241. The Bertz CT molecular complexity index is 585. The molecule has 0 radical (unpaired) electrons. The Hall–Kier alpha value is -2.07. The minimum absolute atomic E-state index is 0.00404. The van der Waals surface area contributed by atoms with E-state index in [0.29, 0.717) is 0 Å². The van der Waals surface area contributed by atoms with Crippen LogP contribution in [0, 0.1) is 0 Å². The molecule has 4 heteroatoms. The Kier molecular flexibility index (Phi) is 5.17. The van der Waals surface area contributed by atoms with Gasteiger partial charge in [0.05, 0.1) is 25.5 Å². The van der Waals surface area contributed by atoms with Gasteiger partial charge in [0.15, 0.2) is 0 Å². The van der Waals surface area contributed by atoms with Crippen LogP contribution in [0.1, 0.15) is 31.0 Å². The zero-order chi connectivity index (χ0) is 15.2. The minimum atomic E-state index is 0.00404. The second-order valence-corrected chi connectivity index (χ2v) is 5.08. The molecule has 0 spiro atoms. The molecular formula is C17H22N2O2. The standard InChI is InChI=1S/C17H22N2O2/c1-12(2)21-14-9-13(10-19-11-14)17(18-3)15-7-5-6-8-16(15)20-4/h5-12,17-18H,1-4H3. The first-order valence-electron chi connectivity index (χ1n) is 7.07. The maximum absolute atomic E-state index is 5.72. The van der Waals surface area contributed by atoms with E-state index in [9.17, 15) is 0 Å². The van der Waals surface area contributed by atoms with Gasteiger partial charge in [-0.1, -0.05) is 18.2 Å². The first kappa shape index (κ1) is 15.3.